The SMILES string of the molecule is CCOC(=O)C1=C(C)N=c2s/c(=C/c3cc(C)n(-c4ccc(OCc5ccc(Br)cc5)cc4)c3C)c(=O)n2[C@H]1c1ccc(OC(C)C)c(OC)c1. The minimum absolute atomic E-state index is 0.0666. The number of methoxy groups -OCH3 is 1. The first kappa shape index (κ1) is 35.9. The molecule has 0 saturated carbocycles. The molecule has 3 aromatic carbocycles. The third-order valence-electron chi connectivity index (χ3n) is 8.55. The number of esters is 1. The van der Waals surface area contributed by atoms with Crippen molar-refractivity contribution in [3.63, 3.8) is 0 Å². The number of rotatable bonds is 11. The Balaban J connectivity index is 1.37. The molecule has 264 valence electrons. The number of nitrogens with zero attached hydrogens (tertiary/aromatic N) is 3. The molecule has 5 aromatic rings. The van der Waals surface area contributed by atoms with Crippen molar-refractivity contribution in [1.82, 2.24) is 9.13 Å². The first-order valence-electron chi connectivity index (χ1n) is 16.7. The van der Waals surface area contributed by atoms with Gasteiger partial charge in [-0.1, -0.05) is 45.5 Å². The number of hydrogen-bond donors (Lipinski definition) is 0. The van der Waals surface area contributed by atoms with Gasteiger partial charge in [0, 0.05) is 21.5 Å². The quantitative estimate of drug-likeness (QED) is 0.131. The second-order valence-electron chi connectivity index (χ2n) is 12.5. The Morgan fingerprint density at radius 1 is 1.00 bits per heavy atom. The summed E-state index contributed by atoms with van der Waals surface area (Å²) in [6, 6.07) is 22.8. The highest BCUT2D eigenvalue weighted by Crippen LogP contribution is 2.36. The molecule has 0 aliphatic carbocycles. The smallest absolute Gasteiger partial charge is 0.338 e. The Morgan fingerprint density at radius 3 is 2.39 bits per heavy atom. The van der Waals surface area contributed by atoms with Crippen molar-refractivity contribution in [3.05, 3.63) is 136 Å². The Morgan fingerprint density at radius 2 is 1.73 bits per heavy atom. The van der Waals surface area contributed by atoms with Crippen LogP contribution in [0.25, 0.3) is 11.8 Å². The number of benzene rings is 3. The predicted molar refractivity (Wildman–Crippen MR) is 203 cm³/mol. The number of carbonyl (C=O) groups excluding carboxylic acids is 1. The highest BCUT2D eigenvalue weighted by atomic mass is 79.9. The fourth-order valence-corrected chi connectivity index (χ4v) is 7.53. The van der Waals surface area contributed by atoms with Gasteiger partial charge < -0.3 is 23.5 Å². The minimum Gasteiger partial charge on any atom is -0.493 e. The molecule has 0 fully saturated rings. The van der Waals surface area contributed by atoms with Crippen molar-refractivity contribution in [2.24, 2.45) is 4.99 Å². The molecule has 6 rings (SSSR count). The zero-order valence-corrected chi connectivity index (χ0v) is 32.1. The summed E-state index contributed by atoms with van der Waals surface area (Å²) in [7, 11) is 1.56. The largest absolute Gasteiger partial charge is 0.493 e. The summed E-state index contributed by atoms with van der Waals surface area (Å²) in [6.07, 6.45) is 1.84. The molecular formula is C40H40BrN3O6S. The maximum absolute atomic E-state index is 14.3. The molecule has 2 aromatic heterocycles. The standard InChI is InChI=1S/C40H40BrN3O6S/c1-8-48-39(46)36-25(5)42-40-44(37(36)28-11-18-33(50-23(2)3)34(20-28)47-7)38(45)35(51-40)21-29-19-24(4)43(26(29)6)31-14-16-32(17-15-31)49-22-27-9-12-30(41)13-10-27/h9-21,23,37H,8,22H2,1-7H3/b35-21+/t37-/m0/s1. The van der Waals surface area contributed by atoms with Crippen LogP contribution >= 0.6 is 27.3 Å². The zero-order valence-electron chi connectivity index (χ0n) is 29.7. The topological polar surface area (TPSA) is 93.3 Å². The van der Waals surface area contributed by atoms with Crippen molar-refractivity contribution < 1.29 is 23.7 Å². The second kappa shape index (κ2) is 15.2. The van der Waals surface area contributed by atoms with E-state index in [1.54, 1.807) is 31.6 Å². The molecule has 0 N–H and O–H groups in total. The zero-order chi connectivity index (χ0) is 36.4. The van der Waals surface area contributed by atoms with E-state index in [1.165, 1.54) is 11.3 Å². The Kier molecular flexibility index (Phi) is 10.7. The molecule has 11 heteroatoms. The molecular weight excluding hydrogens is 730 g/mol. The van der Waals surface area contributed by atoms with E-state index in [2.05, 4.69) is 26.6 Å². The predicted octanol–water partition coefficient (Wildman–Crippen LogP) is 7.34. The van der Waals surface area contributed by atoms with Gasteiger partial charge in [-0.2, -0.15) is 0 Å². The maximum atomic E-state index is 14.3. The van der Waals surface area contributed by atoms with E-state index in [1.807, 2.05) is 94.4 Å². The van der Waals surface area contributed by atoms with E-state index >= 15 is 0 Å². The summed E-state index contributed by atoms with van der Waals surface area (Å²) >= 11 is 4.76. The third-order valence-corrected chi connectivity index (χ3v) is 10.1. The van der Waals surface area contributed by atoms with Crippen LogP contribution < -0.4 is 29.1 Å². The number of aromatic nitrogens is 2. The number of thiazole rings is 1. The molecule has 0 bridgehead atoms. The lowest BCUT2D eigenvalue weighted by atomic mass is 9.95. The van der Waals surface area contributed by atoms with E-state index in [0.717, 1.165) is 38.4 Å². The highest BCUT2D eigenvalue weighted by Gasteiger charge is 2.34. The fraction of sp³-hybridized carbons (Fsp3) is 0.275. The van der Waals surface area contributed by atoms with Crippen molar-refractivity contribution >= 4 is 39.3 Å². The van der Waals surface area contributed by atoms with Gasteiger partial charge >= 0.3 is 5.97 Å². The van der Waals surface area contributed by atoms with Crippen molar-refractivity contribution in [3.8, 4) is 22.9 Å². The Hall–Kier alpha value is -4.87. The minimum atomic E-state index is -0.777. The van der Waals surface area contributed by atoms with Gasteiger partial charge in [0.2, 0.25) is 0 Å². The lowest BCUT2D eigenvalue weighted by molar-refractivity contribution is -0.139. The van der Waals surface area contributed by atoms with Gasteiger partial charge in [-0.25, -0.2) is 9.79 Å². The normalized spacial score (nSPS) is 14.4. The van der Waals surface area contributed by atoms with Crippen LogP contribution in [0.2, 0.25) is 0 Å². The average Bonchev–Trinajstić information content (AvgIpc) is 3.56. The highest BCUT2D eigenvalue weighted by molar-refractivity contribution is 9.10. The van der Waals surface area contributed by atoms with Crippen LogP contribution in [-0.4, -0.2) is 34.9 Å². The Bertz CT molecular complexity index is 2300. The van der Waals surface area contributed by atoms with Gasteiger partial charge in [-0.15, -0.1) is 0 Å². The van der Waals surface area contributed by atoms with Crippen molar-refractivity contribution in [2.45, 2.75) is 60.3 Å². The molecule has 1 aliphatic rings. The summed E-state index contributed by atoms with van der Waals surface area (Å²) in [5, 5.41) is 0. The lowest BCUT2D eigenvalue weighted by Crippen LogP contribution is -2.40. The Labute approximate surface area is 309 Å². The number of halogens is 1. The molecule has 3 heterocycles. The van der Waals surface area contributed by atoms with Gasteiger partial charge in [0.05, 0.1) is 41.7 Å². The number of hydrogen-bond acceptors (Lipinski definition) is 8. The summed E-state index contributed by atoms with van der Waals surface area (Å²) in [4.78, 5) is 33.0. The van der Waals surface area contributed by atoms with Gasteiger partial charge in [0.25, 0.3) is 5.56 Å². The van der Waals surface area contributed by atoms with Crippen LogP contribution in [-0.2, 0) is 16.1 Å². The van der Waals surface area contributed by atoms with Gasteiger partial charge in [0.15, 0.2) is 16.3 Å². The van der Waals surface area contributed by atoms with E-state index in [0.29, 0.717) is 44.3 Å². The third kappa shape index (κ3) is 7.45. The monoisotopic (exact) mass is 769 g/mol. The molecule has 0 radical (unpaired) electrons. The number of carbonyl (C=O) groups is 1. The number of allylic oxidation sites excluding steroid dienone is 1. The van der Waals surface area contributed by atoms with Crippen LogP contribution in [0.15, 0.2) is 98.3 Å². The van der Waals surface area contributed by atoms with E-state index in [-0.39, 0.29) is 18.3 Å². The average molecular weight is 771 g/mol. The first-order valence-corrected chi connectivity index (χ1v) is 18.3. The molecule has 0 spiro atoms. The lowest BCUT2D eigenvalue weighted by Gasteiger charge is -2.25. The molecule has 1 atom stereocenters. The number of aryl methyl sites for hydroxylation is 1. The van der Waals surface area contributed by atoms with Gasteiger partial charge in [-0.05, 0) is 119 Å². The van der Waals surface area contributed by atoms with Crippen LogP contribution in [0.3, 0.4) is 0 Å². The molecule has 51 heavy (non-hydrogen) atoms. The van der Waals surface area contributed by atoms with Crippen LogP contribution in [0.5, 0.6) is 17.2 Å². The summed E-state index contributed by atoms with van der Waals surface area (Å²) in [6.45, 7) is 12.1. The van der Waals surface area contributed by atoms with Crippen molar-refractivity contribution in [2.75, 3.05) is 13.7 Å². The van der Waals surface area contributed by atoms with Crippen LogP contribution in [0.1, 0.15) is 61.8 Å². The molecule has 9 nitrogen and oxygen atoms in total. The summed E-state index contributed by atoms with van der Waals surface area (Å²) < 4.78 is 28.4. The first-order chi connectivity index (χ1) is 24.5. The van der Waals surface area contributed by atoms with Gasteiger partial charge in [0.1, 0.15) is 12.4 Å². The second-order valence-corrected chi connectivity index (χ2v) is 14.4. The maximum Gasteiger partial charge on any atom is 0.338 e. The molecule has 0 amide bonds. The van der Waals surface area contributed by atoms with E-state index in [4.69, 9.17) is 23.9 Å². The number of fused-ring (bicyclic) bond motifs is 1. The molecule has 1 aliphatic heterocycles. The fourth-order valence-electron chi connectivity index (χ4n) is 6.22. The molecule has 0 saturated heterocycles. The van der Waals surface area contributed by atoms with E-state index in [9.17, 15) is 9.59 Å². The van der Waals surface area contributed by atoms with Gasteiger partial charge in [-0.3, -0.25) is 9.36 Å². The molecule has 0 unspecified atom stereocenters. The van der Waals surface area contributed by atoms with Crippen LogP contribution in [0.4, 0.5) is 0 Å². The number of ether oxygens (including phenoxy) is 4. The van der Waals surface area contributed by atoms with E-state index < -0.39 is 12.0 Å². The summed E-state index contributed by atoms with van der Waals surface area (Å²) in [5.41, 5.74) is 6.19. The van der Waals surface area contributed by atoms with Crippen molar-refractivity contribution in [1.29, 1.82) is 0 Å². The van der Waals surface area contributed by atoms with Crippen LogP contribution in [0, 0.1) is 13.8 Å². The summed E-state index contributed by atoms with van der Waals surface area (Å²) in [5.74, 6) is 1.32.